The first kappa shape index (κ1) is 11.3. The summed E-state index contributed by atoms with van der Waals surface area (Å²) in [6, 6.07) is 4.47. The molecule has 1 aromatic carbocycles. The van der Waals surface area contributed by atoms with Gasteiger partial charge in [0.05, 0.1) is 12.0 Å². The number of hydrogen-bond donors (Lipinski definition) is 2. The summed E-state index contributed by atoms with van der Waals surface area (Å²) in [6.45, 7) is 0. The first-order valence-corrected chi connectivity index (χ1v) is 4.64. The van der Waals surface area contributed by atoms with Crippen LogP contribution in [-0.4, -0.2) is 16.2 Å². The first-order valence-electron chi connectivity index (χ1n) is 4.11. The SMILES string of the molecule is N#Cc1cc(CCl)c(CC(=O)O)cc1O. The second-order valence-corrected chi connectivity index (χ2v) is 3.22. The molecule has 0 spiro atoms. The van der Waals surface area contributed by atoms with Gasteiger partial charge in [0.15, 0.2) is 0 Å². The third kappa shape index (κ3) is 2.61. The van der Waals surface area contributed by atoms with E-state index in [0.29, 0.717) is 11.1 Å². The number of carboxylic acids is 1. The molecular weight excluding hydrogens is 218 g/mol. The molecule has 1 rings (SSSR count). The Bertz CT molecular complexity index is 437. The Labute approximate surface area is 91.3 Å². The maximum absolute atomic E-state index is 10.5. The summed E-state index contributed by atoms with van der Waals surface area (Å²) in [5.74, 6) is -1.12. The van der Waals surface area contributed by atoms with Crippen molar-refractivity contribution in [2.45, 2.75) is 12.3 Å². The van der Waals surface area contributed by atoms with Gasteiger partial charge in [-0.1, -0.05) is 0 Å². The lowest BCUT2D eigenvalue weighted by molar-refractivity contribution is -0.136. The number of nitrogens with zero attached hydrogens (tertiary/aromatic N) is 1. The molecule has 0 heterocycles. The van der Waals surface area contributed by atoms with E-state index in [1.54, 1.807) is 6.07 Å². The number of phenolic OH excluding ortho intramolecular Hbond substituents is 1. The standard InChI is InChI=1S/C10H8ClNO3/c11-4-7-1-8(5-12)9(13)2-6(7)3-10(14)15/h1-2,13H,3-4H2,(H,14,15). The van der Waals surface area contributed by atoms with Crippen molar-refractivity contribution in [2.75, 3.05) is 0 Å². The number of hydrogen-bond acceptors (Lipinski definition) is 3. The van der Waals surface area contributed by atoms with Gasteiger partial charge in [-0.15, -0.1) is 11.6 Å². The molecular formula is C10H8ClNO3. The predicted octanol–water partition coefficient (Wildman–Crippen LogP) is 1.63. The number of carbonyl (C=O) groups is 1. The normalized spacial score (nSPS) is 9.60. The highest BCUT2D eigenvalue weighted by Crippen LogP contribution is 2.23. The number of halogens is 1. The van der Waals surface area contributed by atoms with Crippen LogP contribution in [0.5, 0.6) is 5.75 Å². The summed E-state index contributed by atoms with van der Waals surface area (Å²) in [4.78, 5) is 10.5. The van der Waals surface area contributed by atoms with Crippen LogP contribution >= 0.6 is 11.6 Å². The molecule has 78 valence electrons. The second kappa shape index (κ2) is 4.67. The van der Waals surface area contributed by atoms with Crippen LogP contribution < -0.4 is 0 Å². The lowest BCUT2D eigenvalue weighted by Gasteiger charge is -2.06. The van der Waals surface area contributed by atoms with Crippen LogP contribution in [0.15, 0.2) is 12.1 Å². The molecule has 0 unspecified atom stereocenters. The number of carboxylic acid groups (broad SMARTS) is 1. The third-order valence-electron chi connectivity index (χ3n) is 1.92. The van der Waals surface area contributed by atoms with Crippen LogP contribution in [0.4, 0.5) is 0 Å². The van der Waals surface area contributed by atoms with Crippen molar-refractivity contribution < 1.29 is 15.0 Å². The minimum atomic E-state index is -1.01. The van der Waals surface area contributed by atoms with Gasteiger partial charge in [-0.05, 0) is 23.3 Å². The van der Waals surface area contributed by atoms with E-state index >= 15 is 0 Å². The van der Waals surface area contributed by atoms with E-state index in [9.17, 15) is 9.90 Å². The zero-order chi connectivity index (χ0) is 11.4. The fraction of sp³-hybridized carbons (Fsp3) is 0.200. The Morgan fingerprint density at radius 3 is 2.60 bits per heavy atom. The van der Waals surface area contributed by atoms with Crippen molar-refractivity contribution in [1.82, 2.24) is 0 Å². The predicted molar refractivity (Wildman–Crippen MR) is 53.7 cm³/mol. The molecule has 15 heavy (non-hydrogen) atoms. The number of phenols is 1. The van der Waals surface area contributed by atoms with Crippen LogP contribution in [-0.2, 0) is 17.1 Å². The van der Waals surface area contributed by atoms with Crippen LogP contribution in [0.1, 0.15) is 16.7 Å². The van der Waals surface area contributed by atoms with Gasteiger partial charge in [-0.25, -0.2) is 0 Å². The number of aromatic hydroxyl groups is 1. The molecule has 0 aliphatic carbocycles. The molecule has 2 N–H and O–H groups in total. The topological polar surface area (TPSA) is 81.3 Å². The Morgan fingerprint density at radius 2 is 2.13 bits per heavy atom. The van der Waals surface area contributed by atoms with Gasteiger partial charge < -0.3 is 10.2 Å². The third-order valence-corrected chi connectivity index (χ3v) is 2.21. The summed E-state index contributed by atoms with van der Waals surface area (Å²) < 4.78 is 0. The van der Waals surface area contributed by atoms with Crippen LogP contribution in [0.3, 0.4) is 0 Å². The van der Waals surface area contributed by atoms with Crippen LogP contribution in [0.2, 0.25) is 0 Å². The Hall–Kier alpha value is -1.73. The molecule has 0 aliphatic heterocycles. The van der Waals surface area contributed by atoms with E-state index in [-0.39, 0.29) is 23.6 Å². The van der Waals surface area contributed by atoms with Gasteiger partial charge in [-0.3, -0.25) is 4.79 Å². The van der Waals surface area contributed by atoms with Crippen molar-refractivity contribution in [3.63, 3.8) is 0 Å². The number of alkyl halides is 1. The molecule has 1 aromatic rings. The molecule has 0 fully saturated rings. The maximum atomic E-state index is 10.5. The van der Waals surface area contributed by atoms with Crippen molar-refractivity contribution in [1.29, 1.82) is 5.26 Å². The van der Waals surface area contributed by atoms with E-state index in [2.05, 4.69) is 0 Å². The minimum Gasteiger partial charge on any atom is -0.507 e. The zero-order valence-electron chi connectivity index (χ0n) is 7.70. The molecule has 0 bridgehead atoms. The first-order chi connectivity index (χ1) is 7.08. The quantitative estimate of drug-likeness (QED) is 0.766. The number of nitriles is 1. The molecule has 0 atom stereocenters. The van der Waals surface area contributed by atoms with Gasteiger partial charge >= 0.3 is 5.97 Å². The van der Waals surface area contributed by atoms with Gasteiger partial charge in [0, 0.05) is 5.88 Å². The van der Waals surface area contributed by atoms with Gasteiger partial charge in [0.25, 0.3) is 0 Å². The largest absolute Gasteiger partial charge is 0.507 e. The van der Waals surface area contributed by atoms with Crippen molar-refractivity contribution in [2.24, 2.45) is 0 Å². The van der Waals surface area contributed by atoms with E-state index in [1.165, 1.54) is 12.1 Å². The van der Waals surface area contributed by atoms with Crippen molar-refractivity contribution >= 4 is 17.6 Å². The molecule has 0 radical (unpaired) electrons. The Balaban J connectivity index is 3.22. The highest BCUT2D eigenvalue weighted by molar-refractivity contribution is 6.17. The van der Waals surface area contributed by atoms with Crippen LogP contribution in [0, 0.1) is 11.3 Å². The monoisotopic (exact) mass is 225 g/mol. The van der Waals surface area contributed by atoms with E-state index in [4.69, 9.17) is 22.0 Å². The maximum Gasteiger partial charge on any atom is 0.307 e. The van der Waals surface area contributed by atoms with Crippen molar-refractivity contribution in [3.05, 3.63) is 28.8 Å². The Morgan fingerprint density at radius 1 is 1.47 bits per heavy atom. The van der Waals surface area contributed by atoms with Gasteiger partial charge in [0.2, 0.25) is 0 Å². The van der Waals surface area contributed by atoms with Gasteiger partial charge in [0.1, 0.15) is 11.8 Å². The molecule has 5 heteroatoms. The highest BCUT2D eigenvalue weighted by Gasteiger charge is 2.11. The molecule has 0 aromatic heterocycles. The summed E-state index contributed by atoms with van der Waals surface area (Å²) >= 11 is 5.61. The fourth-order valence-electron chi connectivity index (χ4n) is 1.22. The molecule has 0 saturated carbocycles. The summed E-state index contributed by atoms with van der Waals surface area (Å²) in [5, 5.41) is 26.6. The summed E-state index contributed by atoms with van der Waals surface area (Å²) in [5.41, 5.74) is 1.07. The number of rotatable bonds is 3. The molecule has 4 nitrogen and oxygen atoms in total. The van der Waals surface area contributed by atoms with Crippen LogP contribution in [0.25, 0.3) is 0 Å². The lowest BCUT2D eigenvalue weighted by Crippen LogP contribution is -2.03. The zero-order valence-corrected chi connectivity index (χ0v) is 8.45. The van der Waals surface area contributed by atoms with E-state index in [1.807, 2.05) is 0 Å². The smallest absolute Gasteiger partial charge is 0.307 e. The lowest BCUT2D eigenvalue weighted by atomic mass is 10.0. The van der Waals surface area contributed by atoms with E-state index < -0.39 is 5.97 Å². The number of benzene rings is 1. The second-order valence-electron chi connectivity index (χ2n) is 2.95. The highest BCUT2D eigenvalue weighted by atomic mass is 35.5. The molecule has 0 aliphatic rings. The average Bonchev–Trinajstić information content (AvgIpc) is 2.17. The van der Waals surface area contributed by atoms with E-state index in [0.717, 1.165) is 0 Å². The molecule has 0 saturated heterocycles. The average molecular weight is 226 g/mol. The minimum absolute atomic E-state index is 0.0970. The Kier molecular flexibility index (Phi) is 3.53. The van der Waals surface area contributed by atoms with Crippen molar-refractivity contribution in [3.8, 4) is 11.8 Å². The van der Waals surface area contributed by atoms with Gasteiger partial charge in [-0.2, -0.15) is 5.26 Å². The number of aliphatic carboxylic acids is 1. The summed E-state index contributed by atoms with van der Waals surface area (Å²) in [6.07, 6.45) is -0.221. The molecule has 0 amide bonds. The summed E-state index contributed by atoms with van der Waals surface area (Å²) in [7, 11) is 0. The fourth-order valence-corrected chi connectivity index (χ4v) is 1.47.